The molecule has 24 heavy (non-hydrogen) atoms. The molecule has 2 aliphatic rings. The number of anilines is 1. The highest BCUT2D eigenvalue weighted by Crippen LogP contribution is 2.34. The number of hydrogen-bond donors (Lipinski definition) is 0. The van der Waals surface area contributed by atoms with E-state index in [1.54, 1.807) is 11.5 Å². The predicted molar refractivity (Wildman–Crippen MR) is 99.6 cm³/mol. The summed E-state index contributed by atoms with van der Waals surface area (Å²) in [6.07, 6.45) is 6.86. The molecule has 5 heteroatoms. The lowest BCUT2D eigenvalue weighted by atomic mass is 9.95. The minimum absolute atomic E-state index is 0.221. The average Bonchev–Trinajstić information content (AvgIpc) is 2.87. The molecule has 0 N–H and O–H groups in total. The molecular weight excluding hydrogens is 318 g/mol. The van der Waals surface area contributed by atoms with E-state index in [1.165, 1.54) is 36.1 Å². The molecule has 2 aliphatic heterocycles. The van der Waals surface area contributed by atoms with Crippen LogP contribution >= 0.6 is 11.5 Å². The Morgan fingerprint density at radius 1 is 1.00 bits per heavy atom. The van der Waals surface area contributed by atoms with Gasteiger partial charge in [-0.05, 0) is 49.3 Å². The number of rotatable bonds is 2. The fourth-order valence-corrected chi connectivity index (χ4v) is 4.90. The van der Waals surface area contributed by atoms with Crippen LogP contribution in [-0.2, 0) is 4.79 Å². The highest BCUT2D eigenvalue weighted by atomic mass is 32.1. The Morgan fingerprint density at radius 3 is 2.46 bits per heavy atom. The number of hydrogen-bond acceptors (Lipinski definition) is 4. The van der Waals surface area contributed by atoms with Gasteiger partial charge in [0.1, 0.15) is 5.00 Å². The topological polar surface area (TPSA) is 36.4 Å². The first-order valence-electron chi connectivity index (χ1n) is 9.21. The maximum Gasteiger partial charge on any atom is 0.225 e. The van der Waals surface area contributed by atoms with Crippen LogP contribution in [0, 0.1) is 5.92 Å². The summed E-state index contributed by atoms with van der Waals surface area (Å²) in [7, 11) is 0. The lowest BCUT2D eigenvalue weighted by Gasteiger charge is -2.34. The van der Waals surface area contributed by atoms with Crippen LogP contribution in [0.1, 0.15) is 38.5 Å². The van der Waals surface area contributed by atoms with Crippen molar-refractivity contribution in [3.63, 3.8) is 0 Å². The van der Waals surface area contributed by atoms with E-state index < -0.39 is 0 Å². The highest BCUT2D eigenvalue weighted by molar-refractivity contribution is 7.11. The fourth-order valence-electron chi connectivity index (χ4n) is 3.98. The molecule has 0 aliphatic carbocycles. The first-order valence-corrected chi connectivity index (χ1v) is 9.98. The van der Waals surface area contributed by atoms with Crippen molar-refractivity contribution in [2.24, 2.45) is 5.92 Å². The lowest BCUT2D eigenvalue weighted by molar-refractivity contribution is -0.136. The van der Waals surface area contributed by atoms with Gasteiger partial charge in [-0.3, -0.25) is 4.79 Å². The number of piperidine rings is 1. The minimum Gasteiger partial charge on any atom is -0.362 e. The van der Waals surface area contributed by atoms with Gasteiger partial charge in [0.05, 0.1) is 5.52 Å². The molecule has 1 aromatic carbocycles. The number of likely N-dealkylation sites (tertiary alicyclic amines) is 1. The zero-order chi connectivity index (χ0) is 16.4. The number of fused-ring (bicyclic) bond motifs is 1. The van der Waals surface area contributed by atoms with Crippen molar-refractivity contribution in [2.45, 2.75) is 38.5 Å². The van der Waals surface area contributed by atoms with Crippen LogP contribution in [0.25, 0.3) is 10.9 Å². The summed E-state index contributed by atoms with van der Waals surface area (Å²) < 4.78 is 4.56. The van der Waals surface area contributed by atoms with Gasteiger partial charge in [0.15, 0.2) is 0 Å². The molecule has 2 fully saturated rings. The Balaban J connectivity index is 1.40. The summed E-state index contributed by atoms with van der Waals surface area (Å²) in [6.45, 7) is 3.88. The van der Waals surface area contributed by atoms with Gasteiger partial charge in [0.25, 0.3) is 0 Å². The van der Waals surface area contributed by atoms with Crippen molar-refractivity contribution in [3.8, 4) is 0 Å². The number of benzene rings is 1. The van der Waals surface area contributed by atoms with E-state index in [-0.39, 0.29) is 5.92 Å². The molecule has 0 bridgehead atoms. The molecule has 0 unspecified atom stereocenters. The Bertz CT molecular complexity index is 697. The summed E-state index contributed by atoms with van der Waals surface area (Å²) in [6, 6.07) is 8.35. The van der Waals surface area contributed by atoms with Crippen LogP contribution in [0.2, 0.25) is 0 Å². The van der Waals surface area contributed by atoms with Crippen LogP contribution in [0.3, 0.4) is 0 Å². The van der Waals surface area contributed by atoms with Gasteiger partial charge in [-0.15, -0.1) is 0 Å². The van der Waals surface area contributed by atoms with Gasteiger partial charge in [0, 0.05) is 37.5 Å². The monoisotopic (exact) mass is 343 g/mol. The lowest BCUT2D eigenvalue weighted by Crippen LogP contribution is -2.42. The van der Waals surface area contributed by atoms with E-state index in [1.807, 2.05) is 6.07 Å². The predicted octanol–water partition coefficient (Wildman–Crippen LogP) is 3.92. The first kappa shape index (κ1) is 15.9. The normalized spacial score (nSPS) is 20.3. The molecule has 0 saturated carbocycles. The second-order valence-corrected chi connectivity index (χ2v) is 7.76. The molecule has 1 amide bonds. The number of nitrogens with zero attached hydrogens (tertiary/aromatic N) is 3. The molecule has 2 saturated heterocycles. The second kappa shape index (κ2) is 7.09. The summed E-state index contributed by atoms with van der Waals surface area (Å²) >= 11 is 1.59. The molecular formula is C19H25N3OS. The maximum absolute atomic E-state index is 12.8. The van der Waals surface area contributed by atoms with Gasteiger partial charge in [-0.25, -0.2) is 0 Å². The zero-order valence-corrected chi connectivity index (χ0v) is 14.9. The number of aromatic nitrogens is 1. The number of carbonyl (C=O) groups excluding carboxylic acids is 1. The van der Waals surface area contributed by atoms with Crippen molar-refractivity contribution in [2.75, 3.05) is 31.1 Å². The maximum atomic E-state index is 12.8. The summed E-state index contributed by atoms with van der Waals surface area (Å²) in [5, 5.41) is 2.52. The molecule has 4 rings (SSSR count). The number of carbonyl (C=O) groups is 1. The van der Waals surface area contributed by atoms with E-state index in [0.29, 0.717) is 5.91 Å². The van der Waals surface area contributed by atoms with Crippen molar-refractivity contribution in [3.05, 3.63) is 24.3 Å². The van der Waals surface area contributed by atoms with Gasteiger partial charge < -0.3 is 9.80 Å². The third-order valence-electron chi connectivity index (χ3n) is 5.41. The van der Waals surface area contributed by atoms with Gasteiger partial charge in [0.2, 0.25) is 5.91 Å². The van der Waals surface area contributed by atoms with E-state index in [4.69, 9.17) is 0 Å². The Kier molecular flexibility index (Phi) is 4.69. The number of amides is 1. The molecule has 2 aromatic rings. The molecule has 1 aromatic heterocycles. The average molecular weight is 343 g/mol. The molecule has 3 heterocycles. The van der Waals surface area contributed by atoms with Crippen molar-refractivity contribution in [1.82, 2.24) is 9.27 Å². The van der Waals surface area contributed by atoms with Gasteiger partial charge in [-0.2, -0.15) is 4.37 Å². The van der Waals surface area contributed by atoms with Crippen LogP contribution in [0.15, 0.2) is 24.3 Å². The highest BCUT2D eigenvalue weighted by Gasteiger charge is 2.29. The van der Waals surface area contributed by atoms with Crippen LogP contribution < -0.4 is 4.90 Å². The van der Waals surface area contributed by atoms with E-state index in [0.717, 1.165) is 44.5 Å². The van der Waals surface area contributed by atoms with E-state index in [9.17, 15) is 4.79 Å². The second-order valence-electron chi connectivity index (χ2n) is 7.01. The molecule has 0 atom stereocenters. The Hall–Kier alpha value is -1.62. The molecule has 128 valence electrons. The minimum atomic E-state index is 0.221. The molecule has 0 spiro atoms. The van der Waals surface area contributed by atoms with Crippen molar-refractivity contribution < 1.29 is 4.79 Å². The van der Waals surface area contributed by atoms with E-state index in [2.05, 4.69) is 32.4 Å². The van der Waals surface area contributed by atoms with Crippen LogP contribution in [-0.4, -0.2) is 41.4 Å². The fraction of sp³-hybridized carbons (Fsp3) is 0.579. The standard InChI is InChI=1S/C19H25N3OS/c23-18(21-11-5-1-2-6-12-21)15-9-13-22(14-10-15)19-16-7-3-4-8-17(16)20-24-19/h3-4,7-8,15H,1-2,5-6,9-14H2. The smallest absolute Gasteiger partial charge is 0.225 e. The third-order valence-corrected chi connectivity index (χ3v) is 6.35. The summed E-state index contributed by atoms with van der Waals surface area (Å²) in [4.78, 5) is 17.4. The quantitative estimate of drug-likeness (QED) is 0.829. The van der Waals surface area contributed by atoms with Gasteiger partial charge >= 0.3 is 0 Å². The van der Waals surface area contributed by atoms with Crippen molar-refractivity contribution >= 4 is 33.3 Å². The third kappa shape index (κ3) is 3.14. The largest absolute Gasteiger partial charge is 0.362 e. The molecule has 4 nitrogen and oxygen atoms in total. The first-order chi connectivity index (χ1) is 11.8. The molecule has 0 radical (unpaired) electrons. The Morgan fingerprint density at radius 2 is 1.71 bits per heavy atom. The Labute approximate surface area is 147 Å². The van der Waals surface area contributed by atoms with E-state index >= 15 is 0 Å². The van der Waals surface area contributed by atoms with Gasteiger partial charge in [-0.1, -0.05) is 25.0 Å². The summed E-state index contributed by atoms with van der Waals surface area (Å²) in [5.41, 5.74) is 1.08. The van der Waals surface area contributed by atoms with Crippen LogP contribution in [0.5, 0.6) is 0 Å². The van der Waals surface area contributed by atoms with Crippen LogP contribution in [0.4, 0.5) is 5.00 Å². The SMILES string of the molecule is O=C(C1CCN(c2snc3ccccc23)CC1)N1CCCCCC1. The summed E-state index contributed by atoms with van der Waals surface area (Å²) in [5.74, 6) is 0.629. The zero-order valence-electron chi connectivity index (χ0n) is 14.1. The van der Waals surface area contributed by atoms with Crippen molar-refractivity contribution in [1.29, 1.82) is 0 Å².